The summed E-state index contributed by atoms with van der Waals surface area (Å²) in [6, 6.07) is 7.69. The van der Waals surface area contributed by atoms with Crippen molar-refractivity contribution in [1.82, 2.24) is 5.32 Å². The summed E-state index contributed by atoms with van der Waals surface area (Å²) in [5.74, 6) is 0.794. The molecule has 0 spiro atoms. The summed E-state index contributed by atoms with van der Waals surface area (Å²) < 4.78 is 5.35. The van der Waals surface area contributed by atoms with Gasteiger partial charge in [0, 0.05) is 6.04 Å². The van der Waals surface area contributed by atoms with Gasteiger partial charge < -0.3 is 10.1 Å². The molecular weight excluding hydrogens is 272 g/mol. The number of amides is 1. The van der Waals surface area contributed by atoms with Gasteiger partial charge in [-0.05, 0) is 37.2 Å². The zero-order valence-electron chi connectivity index (χ0n) is 11.5. The molecule has 1 aromatic rings. The van der Waals surface area contributed by atoms with Crippen LogP contribution in [0.4, 0.5) is 5.69 Å². The molecule has 0 bridgehead atoms. The van der Waals surface area contributed by atoms with Gasteiger partial charge in [0.25, 0.3) is 0 Å². The summed E-state index contributed by atoms with van der Waals surface area (Å²) >= 11 is 5.40. The van der Waals surface area contributed by atoms with E-state index in [0.717, 1.165) is 24.9 Å². The number of thiocarbonyl (C=S) groups is 1. The van der Waals surface area contributed by atoms with Crippen LogP contribution in [0.15, 0.2) is 24.3 Å². The highest BCUT2D eigenvalue weighted by atomic mass is 32.1. The number of para-hydroxylation sites is 2. The van der Waals surface area contributed by atoms with Gasteiger partial charge in [0.05, 0.1) is 18.7 Å². The average molecular weight is 290 g/mol. The third-order valence-electron chi connectivity index (χ3n) is 4.14. The summed E-state index contributed by atoms with van der Waals surface area (Å²) in [6.07, 6.45) is 4.24. The Balaban J connectivity index is 1.96. The number of benzene rings is 1. The predicted molar refractivity (Wildman–Crippen MR) is 82.0 cm³/mol. The maximum Gasteiger partial charge on any atom is 0.238 e. The van der Waals surface area contributed by atoms with E-state index in [-0.39, 0.29) is 17.9 Å². The average Bonchev–Trinajstić information content (AvgIpc) is 2.48. The minimum atomic E-state index is 0.0281. The van der Waals surface area contributed by atoms with E-state index in [1.807, 2.05) is 24.3 Å². The van der Waals surface area contributed by atoms with E-state index >= 15 is 0 Å². The first-order chi connectivity index (χ1) is 9.72. The number of hydrogen-bond donors (Lipinski definition) is 1. The lowest BCUT2D eigenvalue weighted by molar-refractivity contribution is -0.123. The molecule has 1 aromatic carbocycles. The summed E-state index contributed by atoms with van der Waals surface area (Å²) in [4.78, 5) is 14.4. The molecule has 2 atom stereocenters. The zero-order valence-corrected chi connectivity index (χ0v) is 12.3. The summed E-state index contributed by atoms with van der Waals surface area (Å²) in [5.41, 5.74) is 0.724. The molecule has 1 saturated heterocycles. The Kier molecular flexibility index (Phi) is 3.61. The highest BCUT2D eigenvalue weighted by Gasteiger charge is 2.41. The number of fused-ring (bicyclic) bond motifs is 1. The van der Waals surface area contributed by atoms with Crippen molar-refractivity contribution in [3.63, 3.8) is 0 Å². The van der Waals surface area contributed by atoms with Crippen LogP contribution in [0.5, 0.6) is 5.75 Å². The second-order valence-electron chi connectivity index (χ2n) is 5.29. The Labute approximate surface area is 124 Å². The molecule has 5 heteroatoms. The van der Waals surface area contributed by atoms with Gasteiger partial charge in [0.1, 0.15) is 5.75 Å². The number of hydrogen-bond acceptors (Lipinski definition) is 3. The van der Waals surface area contributed by atoms with Crippen LogP contribution in [0.25, 0.3) is 0 Å². The Morgan fingerprint density at radius 2 is 2.05 bits per heavy atom. The van der Waals surface area contributed by atoms with E-state index in [9.17, 15) is 4.79 Å². The molecule has 1 aliphatic carbocycles. The fraction of sp³-hybridized carbons (Fsp3) is 0.467. The van der Waals surface area contributed by atoms with Crippen molar-refractivity contribution in [2.75, 3.05) is 12.0 Å². The topological polar surface area (TPSA) is 41.6 Å². The molecule has 2 aliphatic rings. The van der Waals surface area contributed by atoms with Crippen molar-refractivity contribution in [3.05, 3.63) is 24.3 Å². The van der Waals surface area contributed by atoms with Crippen molar-refractivity contribution in [2.24, 2.45) is 5.92 Å². The van der Waals surface area contributed by atoms with Gasteiger partial charge >= 0.3 is 0 Å². The lowest BCUT2D eigenvalue weighted by Crippen LogP contribution is -2.61. The molecule has 1 saturated carbocycles. The van der Waals surface area contributed by atoms with E-state index in [4.69, 9.17) is 17.0 Å². The molecule has 0 radical (unpaired) electrons. The number of methoxy groups -OCH3 is 1. The zero-order chi connectivity index (χ0) is 14.1. The number of nitrogens with zero attached hydrogens (tertiary/aromatic N) is 1. The summed E-state index contributed by atoms with van der Waals surface area (Å²) in [5, 5.41) is 3.82. The molecule has 1 heterocycles. The Hall–Kier alpha value is -1.62. The molecule has 0 unspecified atom stereocenters. The van der Waals surface area contributed by atoms with E-state index < -0.39 is 0 Å². The maximum atomic E-state index is 12.8. The van der Waals surface area contributed by atoms with E-state index in [0.29, 0.717) is 10.9 Å². The van der Waals surface area contributed by atoms with Gasteiger partial charge in [-0.2, -0.15) is 0 Å². The number of carbonyl (C=O) groups is 1. The third-order valence-corrected chi connectivity index (χ3v) is 4.44. The van der Waals surface area contributed by atoms with Crippen molar-refractivity contribution in [2.45, 2.75) is 31.7 Å². The lowest BCUT2D eigenvalue weighted by atomic mass is 9.82. The largest absolute Gasteiger partial charge is 0.495 e. The Morgan fingerprint density at radius 3 is 2.85 bits per heavy atom. The molecule has 3 rings (SSSR count). The van der Waals surface area contributed by atoms with Gasteiger partial charge in [-0.3, -0.25) is 9.69 Å². The van der Waals surface area contributed by atoms with Crippen LogP contribution < -0.4 is 15.0 Å². The lowest BCUT2D eigenvalue weighted by Gasteiger charge is -2.41. The number of anilines is 1. The van der Waals surface area contributed by atoms with E-state index in [2.05, 4.69) is 5.32 Å². The number of carbonyl (C=O) groups excluding carboxylic acids is 1. The fourth-order valence-corrected chi connectivity index (χ4v) is 3.47. The first-order valence-corrected chi connectivity index (χ1v) is 7.40. The van der Waals surface area contributed by atoms with Crippen LogP contribution in [-0.2, 0) is 4.79 Å². The highest BCUT2D eigenvalue weighted by Crippen LogP contribution is 2.35. The van der Waals surface area contributed by atoms with Crippen LogP contribution in [0, 0.1) is 5.92 Å². The maximum absolute atomic E-state index is 12.8. The van der Waals surface area contributed by atoms with Gasteiger partial charge in [0.2, 0.25) is 5.91 Å². The van der Waals surface area contributed by atoms with Crippen LogP contribution >= 0.6 is 12.2 Å². The second-order valence-corrected chi connectivity index (χ2v) is 5.68. The number of ether oxygens (including phenoxy) is 1. The fourth-order valence-electron chi connectivity index (χ4n) is 3.13. The van der Waals surface area contributed by atoms with Gasteiger partial charge in [0.15, 0.2) is 5.11 Å². The molecule has 1 N–H and O–H groups in total. The SMILES string of the molecule is COc1ccccc1N1C(=O)[C@H]2CCCC[C@H]2NC1=S. The van der Waals surface area contributed by atoms with Gasteiger partial charge in [-0.25, -0.2) is 0 Å². The molecule has 20 heavy (non-hydrogen) atoms. The number of rotatable bonds is 2. The van der Waals surface area contributed by atoms with Crippen LogP contribution in [0.1, 0.15) is 25.7 Å². The van der Waals surface area contributed by atoms with Gasteiger partial charge in [-0.1, -0.05) is 25.0 Å². The molecule has 0 aromatic heterocycles. The van der Waals surface area contributed by atoms with Crippen molar-refractivity contribution in [3.8, 4) is 5.75 Å². The molecular formula is C15H18N2O2S. The first kappa shape index (κ1) is 13.4. The van der Waals surface area contributed by atoms with Crippen molar-refractivity contribution >= 4 is 28.9 Å². The van der Waals surface area contributed by atoms with E-state index in [1.165, 1.54) is 6.42 Å². The summed E-state index contributed by atoms with van der Waals surface area (Å²) in [7, 11) is 1.60. The van der Waals surface area contributed by atoms with Crippen molar-refractivity contribution in [1.29, 1.82) is 0 Å². The van der Waals surface area contributed by atoms with Crippen LogP contribution in [0.3, 0.4) is 0 Å². The predicted octanol–water partition coefficient (Wildman–Crippen LogP) is 2.48. The molecule has 2 fully saturated rings. The first-order valence-electron chi connectivity index (χ1n) is 7.00. The monoisotopic (exact) mass is 290 g/mol. The third kappa shape index (κ3) is 2.16. The molecule has 106 valence electrons. The normalized spacial score (nSPS) is 25.9. The Bertz CT molecular complexity index is 546. The summed E-state index contributed by atoms with van der Waals surface area (Å²) in [6.45, 7) is 0. The molecule has 4 nitrogen and oxygen atoms in total. The standard InChI is InChI=1S/C15H18N2O2S/c1-19-13-9-5-4-8-12(13)17-14(18)10-6-2-3-7-11(10)16-15(17)20/h4-5,8-11H,2-3,6-7H2,1H3,(H,16,20)/t10-,11+/m0/s1. The Morgan fingerprint density at radius 1 is 1.30 bits per heavy atom. The minimum absolute atomic E-state index is 0.0281. The van der Waals surface area contributed by atoms with Gasteiger partial charge in [-0.15, -0.1) is 0 Å². The molecule has 1 aliphatic heterocycles. The second kappa shape index (κ2) is 5.40. The quantitative estimate of drug-likeness (QED) is 0.850. The highest BCUT2D eigenvalue weighted by molar-refractivity contribution is 7.80. The minimum Gasteiger partial charge on any atom is -0.495 e. The van der Waals surface area contributed by atoms with Crippen LogP contribution in [0.2, 0.25) is 0 Å². The van der Waals surface area contributed by atoms with Crippen molar-refractivity contribution < 1.29 is 9.53 Å². The number of nitrogens with one attached hydrogen (secondary N) is 1. The molecule has 1 amide bonds. The smallest absolute Gasteiger partial charge is 0.238 e. The van der Waals surface area contributed by atoms with E-state index in [1.54, 1.807) is 12.0 Å². The van der Waals surface area contributed by atoms with Crippen LogP contribution in [-0.4, -0.2) is 24.2 Å².